The van der Waals surface area contributed by atoms with Crippen molar-refractivity contribution in [3.8, 4) is 0 Å². The predicted octanol–water partition coefficient (Wildman–Crippen LogP) is 3.59. The molecule has 0 aromatic carbocycles. The zero-order chi connectivity index (χ0) is 16.2. The Labute approximate surface area is 133 Å². The smallest absolute Gasteiger partial charge is 0.410 e. The Morgan fingerprint density at radius 3 is 2.91 bits per heavy atom. The summed E-state index contributed by atoms with van der Waals surface area (Å²) in [4.78, 5) is 18.4. The molecule has 1 aromatic rings. The van der Waals surface area contributed by atoms with E-state index in [-0.39, 0.29) is 12.1 Å². The van der Waals surface area contributed by atoms with Gasteiger partial charge in [-0.3, -0.25) is 4.98 Å². The molecule has 5 heteroatoms. The van der Waals surface area contributed by atoms with E-state index >= 15 is 0 Å². The van der Waals surface area contributed by atoms with Gasteiger partial charge in [0.25, 0.3) is 0 Å². The SMILES string of the molecule is Cc1ccncc1NCC1CCCCN1C(=O)OC(C)(C)C. The zero-order valence-corrected chi connectivity index (χ0v) is 14.1. The number of likely N-dealkylation sites (tertiary alicyclic amines) is 1. The standard InChI is InChI=1S/C17H27N3O2/c1-13-8-9-18-12-15(13)19-11-14-7-5-6-10-20(14)16(21)22-17(2,3)4/h8-9,12,14,19H,5-7,10-11H2,1-4H3. The third kappa shape index (κ3) is 4.61. The maximum absolute atomic E-state index is 12.4. The van der Waals surface area contributed by atoms with Crippen molar-refractivity contribution < 1.29 is 9.53 Å². The first-order chi connectivity index (χ1) is 10.4. The van der Waals surface area contributed by atoms with Gasteiger partial charge in [0.2, 0.25) is 0 Å². The van der Waals surface area contributed by atoms with E-state index in [1.165, 1.54) is 0 Å². The van der Waals surface area contributed by atoms with Gasteiger partial charge in [-0.25, -0.2) is 4.79 Å². The van der Waals surface area contributed by atoms with Crippen molar-refractivity contribution in [1.29, 1.82) is 0 Å². The second kappa shape index (κ2) is 6.99. The average Bonchev–Trinajstić information content (AvgIpc) is 2.45. The molecule has 0 spiro atoms. The maximum Gasteiger partial charge on any atom is 0.410 e. The number of aryl methyl sites for hydroxylation is 1. The highest BCUT2D eigenvalue weighted by Crippen LogP contribution is 2.21. The molecule has 1 aromatic heterocycles. The summed E-state index contributed by atoms with van der Waals surface area (Å²) in [6, 6.07) is 2.15. The Morgan fingerprint density at radius 2 is 2.23 bits per heavy atom. The fourth-order valence-corrected chi connectivity index (χ4v) is 2.65. The van der Waals surface area contributed by atoms with Crippen LogP contribution in [0.15, 0.2) is 18.5 Å². The van der Waals surface area contributed by atoms with Crippen LogP contribution in [0.2, 0.25) is 0 Å². The molecule has 122 valence electrons. The van der Waals surface area contributed by atoms with Crippen molar-refractivity contribution >= 4 is 11.8 Å². The number of hydrogen-bond acceptors (Lipinski definition) is 4. The number of piperidine rings is 1. The molecule has 1 fully saturated rings. The van der Waals surface area contributed by atoms with Crippen LogP contribution in [0.3, 0.4) is 0 Å². The lowest BCUT2D eigenvalue weighted by atomic mass is 10.0. The van der Waals surface area contributed by atoms with Gasteiger partial charge in [0.1, 0.15) is 5.60 Å². The molecule has 1 atom stereocenters. The quantitative estimate of drug-likeness (QED) is 0.927. The monoisotopic (exact) mass is 305 g/mol. The lowest BCUT2D eigenvalue weighted by Gasteiger charge is -2.37. The number of nitrogens with one attached hydrogen (secondary N) is 1. The number of rotatable bonds is 3. The van der Waals surface area contributed by atoms with Crippen LogP contribution in [-0.4, -0.2) is 40.7 Å². The topological polar surface area (TPSA) is 54.5 Å². The number of pyridine rings is 1. The second-order valence-corrected chi connectivity index (χ2v) is 6.89. The van der Waals surface area contributed by atoms with Gasteiger partial charge in [0.15, 0.2) is 0 Å². The van der Waals surface area contributed by atoms with E-state index < -0.39 is 5.60 Å². The van der Waals surface area contributed by atoms with Crippen molar-refractivity contribution in [3.63, 3.8) is 0 Å². The molecule has 1 saturated heterocycles. The van der Waals surface area contributed by atoms with Gasteiger partial charge in [-0.2, -0.15) is 0 Å². The molecule has 1 unspecified atom stereocenters. The van der Waals surface area contributed by atoms with Crippen molar-refractivity contribution in [2.45, 2.75) is 58.6 Å². The van der Waals surface area contributed by atoms with Crippen LogP contribution in [0.1, 0.15) is 45.6 Å². The van der Waals surface area contributed by atoms with E-state index in [2.05, 4.69) is 17.2 Å². The number of nitrogens with zero attached hydrogens (tertiary/aromatic N) is 2. The molecule has 1 aliphatic rings. The molecular formula is C17H27N3O2. The van der Waals surface area contributed by atoms with Gasteiger partial charge in [-0.05, 0) is 58.6 Å². The van der Waals surface area contributed by atoms with Crippen LogP contribution < -0.4 is 5.32 Å². The normalized spacial score (nSPS) is 18.9. The summed E-state index contributed by atoms with van der Waals surface area (Å²) in [6.45, 7) is 9.26. The third-order valence-electron chi connectivity index (χ3n) is 3.82. The summed E-state index contributed by atoms with van der Waals surface area (Å²) in [5.41, 5.74) is 1.73. The molecule has 1 amide bonds. The van der Waals surface area contributed by atoms with Gasteiger partial charge >= 0.3 is 6.09 Å². The van der Waals surface area contributed by atoms with E-state index in [4.69, 9.17) is 4.74 Å². The minimum atomic E-state index is -0.452. The predicted molar refractivity (Wildman–Crippen MR) is 88.0 cm³/mol. The van der Waals surface area contributed by atoms with Crippen LogP contribution in [0.25, 0.3) is 0 Å². The van der Waals surface area contributed by atoms with E-state index in [1.54, 1.807) is 6.20 Å². The number of aromatic nitrogens is 1. The Bertz CT molecular complexity index is 511. The number of carbonyl (C=O) groups excluding carboxylic acids is 1. The number of carbonyl (C=O) groups is 1. The molecule has 5 nitrogen and oxygen atoms in total. The summed E-state index contributed by atoms with van der Waals surface area (Å²) >= 11 is 0. The maximum atomic E-state index is 12.4. The fraction of sp³-hybridized carbons (Fsp3) is 0.647. The van der Waals surface area contributed by atoms with Gasteiger partial charge in [-0.1, -0.05) is 0 Å². The van der Waals surface area contributed by atoms with Crippen molar-refractivity contribution in [2.24, 2.45) is 0 Å². The van der Waals surface area contributed by atoms with Crippen molar-refractivity contribution in [2.75, 3.05) is 18.4 Å². The first-order valence-corrected chi connectivity index (χ1v) is 8.01. The number of amides is 1. The molecule has 1 N–H and O–H groups in total. The molecule has 0 bridgehead atoms. The Hall–Kier alpha value is -1.78. The average molecular weight is 305 g/mol. The van der Waals surface area contributed by atoms with Crippen molar-refractivity contribution in [3.05, 3.63) is 24.0 Å². The lowest BCUT2D eigenvalue weighted by molar-refractivity contribution is 0.0114. The zero-order valence-electron chi connectivity index (χ0n) is 14.1. The third-order valence-corrected chi connectivity index (χ3v) is 3.82. The minimum absolute atomic E-state index is 0.170. The molecule has 2 rings (SSSR count). The summed E-state index contributed by atoms with van der Waals surface area (Å²) in [5.74, 6) is 0. The summed E-state index contributed by atoms with van der Waals surface area (Å²) in [6.07, 6.45) is 6.61. The fourth-order valence-electron chi connectivity index (χ4n) is 2.65. The van der Waals surface area contributed by atoms with Crippen LogP contribution in [0.5, 0.6) is 0 Å². The highest BCUT2D eigenvalue weighted by Gasteiger charge is 2.30. The summed E-state index contributed by atoms with van der Waals surface area (Å²) in [7, 11) is 0. The van der Waals surface area contributed by atoms with E-state index in [0.717, 1.165) is 43.6 Å². The Morgan fingerprint density at radius 1 is 1.45 bits per heavy atom. The van der Waals surface area contributed by atoms with E-state index in [9.17, 15) is 4.79 Å². The van der Waals surface area contributed by atoms with Gasteiger partial charge < -0.3 is 15.0 Å². The Balaban J connectivity index is 1.98. The van der Waals surface area contributed by atoms with Crippen LogP contribution >= 0.6 is 0 Å². The number of hydrogen-bond donors (Lipinski definition) is 1. The minimum Gasteiger partial charge on any atom is -0.444 e. The van der Waals surface area contributed by atoms with Crippen molar-refractivity contribution in [1.82, 2.24) is 9.88 Å². The van der Waals surface area contributed by atoms with Gasteiger partial charge in [-0.15, -0.1) is 0 Å². The van der Waals surface area contributed by atoms with Crippen LogP contribution in [0.4, 0.5) is 10.5 Å². The van der Waals surface area contributed by atoms with E-state index in [0.29, 0.717) is 0 Å². The summed E-state index contributed by atoms with van der Waals surface area (Å²) < 4.78 is 5.53. The largest absolute Gasteiger partial charge is 0.444 e. The Kier molecular flexibility index (Phi) is 5.27. The molecule has 22 heavy (non-hydrogen) atoms. The first kappa shape index (κ1) is 16.6. The molecule has 2 heterocycles. The van der Waals surface area contributed by atoms with Gasteiger partial charge in [0, 0.05) is 19.3 Å². The molecule has 1 aliphatic heterocycles. The molecular weight excluding hydrogens is 278 g/mol. The van der Waals surface area contributed by atoms with Crippen LogP contribution in [0, 0.1) is 6.92 Å². The van der Waals surface area contributed by atoms with Gasteiger partial charge in [0.05, 0.1) is 17.9 Å². The molecule has 0 saturated carbocycles. The van der Waals surface area contributed by atoms with Crippen LogP contribution in [-0.2, 0) is 4.74 Å². The van der Waals surface area contributed by atoms with E-state index in [1.807, 2.05) is 37.9 Å². The first-order valence-electron chi connectivity index (χ1n) is 8.01. The lowest BCUT2D eigenvalue weighted by Crippen LogP contribution is -2.48. The highest BCUT2D eigenvalue weighted by atomic mass is 16.6. The molecule has 0 radical (unpaired) electrons. The molecule has 0 aliphatic carbocycles. The second-order valence-electron chi connectivity index (χ2n) is 6.89. The highest BCUT2D eigenvalue weighted by molar-refractivity contribution is 5.68. The number of ether oxygens (including phenoxy) is 1. The number of anilines is 1. The summed E-state index contributed by atoms with van der Waals surface area (Å²) in [5, 5.41) is 3.42.